The van der Waals surface area contributed by atoms with Crippen LogP contribution in [0.3, 0.4) is 0 Å². The van der Waals surface area contributed by atoms with Crippen molar-refractivity contribution in [1.29, 1.82) is 0 Å². The van der Waals surface area contributed by atoms with Crippen LogP contribution in [0.1, 0.15) is 21.5 Å². The number of hydrogen-bond acceptors (Lipinski definition) is 1. The fraction of sp³-hybridized carbons (Fsp3) is 0.0500. The van der Waals surface area contributed by atoms with E-state index in [1.54, 1.807) is 18.2 Å². The van der Waals surface area contributed by atoms with Gasteiger partial charge < -0.3 is 0 Å². The van der Waals surface area contributed by atoms with Crippen LogP contribution >= 0.6 is 0 Å². The minimum atomic E-state index is -0.394. The van der Waals surface area contributed by atoms with E-state index in [0.29, 0.717) is 11.1 Å². The average molecular weight is 290 g/mol. The fourth-order valence-electron chi connectivity index (χ4n) is 2.44. The molecule has 0 unspecified atom stereocenters. The van der Waals surface area contributed by atoms with Gasteiger partial charge in [-0.1, -0.05) is 60.7 Å². The zero-order chi connectivity index (χ0) is 15.5. The molecular weight excluding hydrogens is 275 g/mol. The first-order valence-corrected chi connectivity index (χ1v) is 7.11. The zero-order valence-electron chi connectivity index (χ0n) is 12.2. The number of hydrogen-bond donors (Lipinski definition) is 0. The molecule has 0 atom stereocenters. The predicted molar refractivity (Wildman–Crippen MR) is 86.4 cm³/mol. The quantitative estimate of drug-likeness (QED) is 0.618. The highest BCUT2D eigenvalue weighted by Crippen LogP contribution is 2.21. The topological polar surface area (TPSA) is 17.1 Å². The van der Waals surface area contributed by atoms with Gasteiger partial charge in [0.1, 0.15) is 5.82 Å². The lowest BCUT2D eigenvalue weighted by molar-refractivity contribution is 0.103. The van der Waals surface area contributed by atoms with Crippen molar-refractivity contribution in [2.75, 3.05) is 0 Å². The third-order valence-electron chi connectivity index (χ3n) is 3.70. The standard InChI is InChI=1S/C20H15FO/c1-14-7-12-18(21)13-19(14)20(22)17-10-8-16(9-11-17)15-5-3-2-4-6-15/h2-13H,1H3. The Bertz CT molecular complexity index is 805. The van der Waals surface area contributed by atoms with Crippen LogP contribution in [-0.4, -0.2) is 5.78 Å². The molecule has 0 heterocycles. The summed E-state index contributed by atoms with van der Waals surface area (Å²) in [7, 11) is 0. The van der Waals surface area contributed by atoms with Gasteiger partial charge in [0.05, 0.1) is 0 Å². The Morgan fingerprint density at radius 1 is 0.818 bits per heavy atom. The minimum absolute atomic E-state index is 0.156. The maximum atomic E-state index is 13.4. The maximum Gasteiger partial charge on any atom is 0.193 e. The van der Waals surface area contributed by atoms with E-state index < -0.39 is 5.82 Å². The van der Waals surface area contributed by atoms with E-state index >= 15 is 0 Å². The SMILES string of the molecule is Cc1ccc(F)cc1C(=O)c1ccc(-c2ccccc2)cc1. The molecule has 3 aromatic rings. The van der Waals surface area contributed by atoms with Gasteiger partial charge in [-0.15, -0.1) is 0 Å². The first kappa shape index (κ1) is 14.2. The van der Waals surface area contributed by atoms with E-state index in [1.165, 1.54) is 12.1 Å². The van der Waals surface area contributed by atoms with Crippen LogP contribution in [0.5, 0.6) is 0 Å². The molecule has 0 fully saturated rings. The summed E-state index contributed by atoms with van der Waals surface area (Å²) in [6.07, 6.45) is 0. The van der Waals surface area contributed by atoms with Crippen molar-refractivity contribution in [3.63, 3.8) is 0 Å². The number of carbonyl (C=O) groups is 1. The summed E-state index contributed by atoms with van der Waals surface area (Å²) in [5.74, 6) is -0.550. The summed E-state index contributed by atoms with van der Waals surface area (Å²) in [6, 6.07) is 21.6. The number of halogens is 1. The first-order valence-electron chi connectivity index (χ1n) is 7.11. The highest BCUT2D eigenvalue weighted by molar-refractivity contribution is 6.10. The molecule has 2 heteroatoms. The number of carbonyl (C=O) groups excluding carboxylic acids is 1. The van der Waals surface area contributed by atoms with Crippen LogP contribution in [0.4, 0.5) is 4.39 Å². The number of aryl methyl sites for hydroxylation is 1. The van der Waals surface area contributed by atoms with Crippen molar-refractivity contribution in [2.45, 2.75) is 6.92 Å². The molecule has 0 N–H and O–H groups in total. The zero-order valence-corrected chi connectivity index (χ0v) is 12.2. The molecule has 0 aromatic heterocycles. The van der Waals surface area contributed by atoms with Crippen LogP contribution in [0.15, 0.2) is 72.8 Å². The highest BCUT2D eigenvalue weighted by atomic mass is 19.1. The maximum absolute atomic E-state index is 13.4. The fourth-order valence-corrected chi connectivity index (χ4v) is 2.44. The Morgan fingerprint density at radius 3 is 2.14 bits per heavy atom. The molecule has 0 saturated heterocycles. The van der Waals surface area contributed by atoms with Gasteiger partial charge in [-0.2, -0.15) is 0 Å². The predicted octanol–water partition coefficient (Wildman–Crippen LogP) is 5.03. The van der Waals surface area contributed by atoms with Crippen molar-refractivity contribution in [3.05, 3.63) is 95.3 Å². The summed E-state index contributed by atoms with van der Waals surface area (Å²) < 4.78 is 13.4. The van der Waals surface area contributed by atoms with E-state index in [-0.39, 0.29) is 5.78 Å². The lowest BCUT2D eigenvalue weighted by Gasteiger charge is -2.07. The molecule has 0 amide bonds. The summed E-state index contributed by atoms with van der Waals surface area (Å²) in [4.78, 5) is 12.5. The summed E-state index contributed by atoms with van der Waals surface area (Å²) in [5, 5.41) is 0. The van der Waals surface area contributed by atoms with Gasteiger partial charge in [0.25, 0.3) is 0 Å². The van der Waals surface area contributed by atoms with E-state index in [2.05, 4.69) is 0 Å². The molecular formula is C20H15FO. The van der Waals surface area contributed by atoms with E-state index in [4.69, 9.17) is 0 Å². The van der Waals surface area contributed by atoms with Crippen molar-refractivity contribution in [1.82, 2.24) is 0 Å². The second-order valence-corrected chi connectivity index (χ2v) is 5.23. The smallest absolute Gasteiger partial charge is 0.193 e. The highest BCUT2D eigenvalue weighted by Gasteiger charge is 2.12. The molecule has 3 aromatic carbocycles. The third kappa shape index (κ3) is 2.82. The van der Waals surface area contributed by atoms with Crippen LogP contribution in [-0.2, 0) is 0 Å². The number of rotatable bonds is 3. The van der Waals surface area contributed by atoms with Gasteiger partial charge in [-0.05, 0) is 35.7 Å². The average Bonchev–Trinajstić information content (AvgIpc) is 2.57. The van der Waals surface area contributed by atoms with Gasteiger partial charge in [0.15, 0.2) is 5.78 Å². The Morgan fingerprint density at radius 2 is 1.45 bits per heavy atom. The van der Waals surface area contributed by atoms with Crippen molar-refractivity contribution in [2.24, 2.45) is 0 Å². The molecule has 22 heavy (non-hydrogen) atoms. The van der Waals surface area contributed by atoms with Crippen molar-refractivity contribution < 1.29 is 9.18 Å². The molecule has 0 saturated carbocycles. The van der Waals surface area contributed by atoms with Crippen LogP contribution in [0, 0.1) is 12.7 Å². The van der Waals surface area contributed by atoms with Crippen LogP contribution in [0.2, 0.25) is 0 Å². The second kappa shape index (κ2) is 5.94. The normalized spacial score (nSPS) is 10.5. The molecule has 108 valence electrons. The molecule has 0 spiro atoms. The molecule has 1 nitrogen and oxygen atoms in total. The van der Waals surface area contributed by atoms with E-state index in [1.807, 2.05) is 49.4 Å². The Kier molecular flexibility index (Phi) is 3.84. The van der Waals surface area contributed by atoms with E-state index in [9.17, 15) is 9.18 Å². The first-order chi connectivity index (χ1) is 10.6. The van der Waals surface area contributed by atoms with Crippen molar-refractivity contribution in [3.8, 4) is 11.1 Å². The molecule has 0 bridgehead atoms. The van der Waals surface area contributed by atoms with Gasteiger partial charge in [0.2, 0.25) is 0 Å². The van der Waals surface area contributed by atoms with Gasteiger partial charge in [-0.25, -0.2) is 4.39 Å². The van der Waals surface area contributed by atoms with Crippen LogP contribution < -0.4 is 0 Å². The van der Waals surface area contributed by atoms with Gasteiger partial charge in [-0.3, -0.25) is 4.79 Å². The second-order valence-electron chi connectivity index (χ2n) is 5.23. The third-order valence-corrected chi connectivity index (χ3v) is 3.70. The molecule has 0 aliphatic rings. The molecule has 0 radical (unpaired) electrons. The Labute approximate surface area is 129 Å². The molecule has 0 aliphatic heterocycles. The Balaban J connectivity index is 1.93. The minimum Gasteiger partial charge on any atom is -0.289 e. The number of ketones is 1. The summed E-state index contributed by atoms with van der Waals surface area (Å²) in [5.41, 5.74) is 3.90. The lowest BCUT2D eigenvalue weighted by atomic mass is 9.97. The largest absolute Gasteiger partial charge is 0.289 e. The Hall–Kier alpha value is -2.74. The van der Waals surface area contributed by atoms with Gasteiger partial charge >= 0.3 is 0 Å². The van der Waals surface area contributed by atoms with Crippen LogP contribution in [0.25, 0.3) is 11.1 Å². The lowest BCUT2D eigenvalue weighted by Crippen LogP contribution is -2.04. The van der Waals surface area contributed by atoms with Crippen molar-refractivity contribution >= 4 is 5.78 Å². The summed E-state index contributed by atoms with van der Waals surface area (Å²) >= 11 is 0. The van der Waals surface area contributed by atoms with Gasteiger partial charge in [0, 0.05) is 11.1 Å². The monoisotopic (exact) mass is 290 g/mol. The molecule has 0 aliphatic carbocycles. The van der Waals surface area contributed by atoms with E-state index in [0.717, 1.165) is 16.7 Å². The molecule has 3 rings (SSSR count). The summed E-state index contributed by atoms with van der Waals surface area (Å²) in [6.45, 7) is 1.81. The number of benzene rings is 3.